The van der Waals surface area contributed by atoms with Gasteiger partial charge in [-0.05, 0) is 29.9 Å². The zero-order valence-electron chi connectivity index (χ0n) is 15.1. The number of hydrogen-bond acceptors (Lipinski definition) is 1. The quantitative estimate of drug-likeness (QED) is 0.362. The molecule has 0 spiro atoms. The van der Waals surface area contributed by atoms with Crippen molar-refractivity contribution in [2.45, 2.75) is 91.1 Å². The van der Waals surface area contributed by atoms with E-state index in [0.717, 1.165) is 13.2 Å². The van der Waals surface area contributed by atoms with Crippen molar-refractivity contribution in [2.75, 3.05) is 6.61 Å². The largest absolute Gasteiger partial charge is 0.377 e. The van der Waals surface area contributed by atoms with Crippen molar-refractivity contribution in [1.29, 1.82) is 0 Å². The molecule has 0 heterocycles. The number of hydrogen-bond donors (Lipinski definition) is 0. The molecule has 1 unspecified atom stereocenters. The molecule has 1 heteroatoms. The first kappa shape index (κ1) is 19.2. The SMILES string of the molecule is CCCCCCCCCCOCc1ccc(C(C)CC)cc1. The number of rotatable bonds is 13. The third-order valence-electron chi connectivity index (χ3n) is 4.57. The number of unbranched alkanes of at least 4 members (excludes halogenated alkanes) is 7. The van der Waals surface area contributed by atoms with Gasteiger partial charge in [0.05, 0.1) is 6.61 Å². The van der Waals surface area contributed by atoms with Crippen molar-refractivity contribution in [1.82, 2.24) is 0 Å². The molecule has 0 bridgehead atoms. The van der Waals surface area contributed by atoms with Crippen LogP contribution in [0, 0.1) is 0 Å². The summed E-state index contributed by atoms with van der Waals surface area (Å²) in [5.74, 6) is 0.660. The van der Waals surface area contributed by atoms with Crippen LogP contribution in [-0.2, 0) is 11.3 Å². The molecule has 0 aliphatic carbocycles. The molecule has 126 valence electrons. The first-order valence-corrected chi connectivity index (χ1v) is 9.44. The second-order valence-electron chi connectivity index (χ2n) is 6.58. The van der Waals surface area contributed by atoms with Gasteiger partial charge in [0.15, 0.2) is 0 Å². The van der Waals surface area contributed by atoms with Crippen LogP contribution in [0.3, 0.4) is 0 Å². The van der Waals surface area contributed by atoms with Crippen molar-refractivity contribution < 1.29 is 4.74 Å². The molecule has 1 nitrogen and oxygen atoms in total. The van der Waals surface area contributed by atoms with Gasteiger partial charge in [-0.15, -0.1) is 0 Å². The normalized spacial score (nSPS) is 12.5. The number of benzene rings is 1. The second-order valence-corrected chi connectivity index (χ2v) is 6.58. The van der Waals surface area contributed by atoms with Crippen LogP contribution in [0.1, 0.15) is 95.6 Å². The maximum Gasteiger partial charge on any atom is 0.0716 e. The van der Waals surface area contributed by atoms with Crippen LogP contribution in [-0.4, -0.2) is 6.61 Å². The summed E-state index contributed by atoms with van der Waals surface area (Å²) in [5.41, 5.74) is 2.74. The van der Waals surface area contributed by atoms with Gasteiger partial charge in [-0.25, -0.2) is 0 Å². The summed E-state index contributed by atoms with van der Waals surface area (Å²) in [4.78, 5) is 0. The first-order chi connectivity index (χ1) is 10.8. The Morgan fingerprint density at radius 2 is 1.41 bits per heavy atom. The number of ether oxygens (including phenoxy) is 1. The van der Waals surface area contributed by atoms with Crippen LogP contribution < -0.4 is 0 Å². The smallest absolute Gasteiger partial charge is 0.0716 e. The Bertz CT molecular complexity index is 355. The fraction of sp³-hybridized carbons (Fsp3) is 0.714. The standard InChI is InChI=1S/C21H36O/c1-4-6-7-8-9-10-11-12-17-22-18-20-13-15-21(16-14-20)19(3)5-2/h13-16,19H,4-12,17-18H2,1-3H3. The summed E-state index contributed by atoms with van der Waals surface area (Å²) < 4.78 is 5.79. The van der Waals surface area contributed by atoms with Gasteiger partial charge >= 0.3 is 0 Å². The third kappa shape index (κ3) is 8.58. The molecule has 0 N–H and O–H groups in total. The highest BCUT2D eigenvalue weighted by molar-refractivity contribution is 5.24. The summed E-state index contributed by atoms with van der Waals surface area (Å²) in [6.07, 6.45) is 12.1. The molecule has 0 saturated carbocycles. The maximum absolute atomic E-state index is 5.79. The molecule has 1 atom stereocenters. The summed E-state index contributed by atoms with van der Waals surface area (Å²) in [6, 6.07) is 8.94. The van der Waals surface area contributed by atoms with Crippen molar-refractivity contribution in [3.63, 3.8) is 0 Å². The van der Waals surface area contributed by atoms with Crippen LogP contribution in [0.5, 0.6) is 0 Å². The monoisotopic (exact) mass is 304 g/mol. The lowest BCUT2D eigenvalue weighted by Gasteiger charge is -2.10. The molecule has 0 saturated heterocycles. The van der Waals surface area contributed by atoms with E-state index in [1.54, 1.807) is 0 Å². The molecular weight excluding hydrogens is 268 g/mol. The topological polar surface area (TPSA) is 9.23 Å². The molecule has 0 amide bonds. The fourth-order valence-electron chi connectivity index (χ4n) is 2.71. The van der Waals surface area contributed by atoms with Crippen LogP contribution in [0.4, 0.5) is 0 Å². The van der Waals surface area contributed by atoms with E-state index < -0.39 is 0 Å². The van der Waals surface area contributed by atoms with E-state index in [1.165, 1.54) is 68.9 Å². The molecule has 0 aliphatic rings. The van der Waals surface area contributed by atoms with Crippen LogP contribution in [0.25, 0.3) is 0 Å². The van der Waals surface area contributed by atoms with Crippen molar-refractivity contribution in [3.05, 3.63) is 35.4 Å². The average molecular weight is 305 g/mol. The second kappa shape index (κ2) is 12.7. The minimum atomic E-state index is 0.660. The molecule has 1 aromatic carbocycles. The molecule has 0 radical (unpaired) electrons. The van der Waals surface area contributed by atoms with Crippen LogP contribution in [0.2, 0.25) is 0 Å². The van der Waals surface area contributed by atoms with Gasteiger partial charge in [0.25, 0.3) is 0 Å². The lowest BCUT2D eigenvalue weighted by Crippen LogP contribution is -1.97. The maximum atomic E-state index is 5.79. The Labute approximate surface area is 138 Å². The summed E-state index contributed by atoms with van der Waals surface area (Å²) in [7, 11) is 0. The predicted molar refractivity (Wildman–Crippen MR) is 97.4 cm³/mol. The molecule has 0 aliphatic heterocycles. The first-order valence-electron chi connectivity index (χ1n) is 9.44. The highest BCUT2D eigenvalue weighted by atomic mass is 16.5. The van der Waals surface area contributed by atoms with Crippen molar-refractivity contribution in [3.8, 4) is 0 Å². The van der Waals surface area contributed by atoms with Gasteiger partial charge in [-0.2, -0.15) is 0 Å². The molecular formula is C21H36O. The van der Waals surface area contributed by atoms with E-state index in [9.17, 15) is 0 Å². The highest BCUT2D eigenvalue weighted by Crippen LogP contribution is 2.19. The van der Waals surface area contributed by atoms with Gasteiger partial charge in [-0.3, -0.25) is 0 Å². The molecule has 1 rings (SSSR count). The van der Waals surface area contributed by atoms with E-state index in [-0.39, 0.29) is 0 Å². The van der Waals surface area contributed by atoms with Gasteiger partial charge in [0.2, 0.25) is 0 Å². The Morgan fingerprint density at radius 1 is 0.818 bits per heavy atom. The van der Waals surface area contributed by atoms with Gasteiger partial charge in [0, 0.05) is 6.61 Å². The Morgan fingerprint density at radius 3 is 2.00 bits per heavy atom. The fourth-order valence-corrected chi connectivity index (χ4v) is 2.71. The van der Waals surface area contributed by atoms with E-state index in [0.29, 0.717) is 5.92 Å². The van der Waals surface area contributed by atoms with E-state index >= 15 is 0 Å². The predicted octanol–water partition coefficient (Wildman–Crippen LogP) is 6.86. The summed E-state index contributed by atoms with van der Waals surface area (Å²) in [6.45, 7) is 8.47. The van der Waals surface area contributed by atoms with Gasteiger partial charge in [-0.1, -0.05) is 90.0 Å². The Kier molecular flexibility index (Phi) is 11.1. The lowest BCUT2D eigenvalue weighted by atomic mass is 9.98. The molecule has 0 fully saturated rings. The minimum Gasteiger partial charge on any atom is -0.377 e. The van der Waals surface area contributed by atoms with Gasteiger partial charge < -0.3 is 4.74 Å². The zero-order chi connectivity index (χ0) is 16.0. The minimum absolute atomic E-state index is 0.660. The van der Waals surface area contributed by atoms with Gasteiger partial charge in [0.1, 0.15) is 0 Å². The van der Waals surface area contributed by atoms with E-state index in [1.807, 2.05) is 0 Å². The summed E-state index contributed by atoms with van der Waals surface area (Å²) in [5, 5.41) is 0. The Balaban J connectivity index is 2.00. The molecule has 0 aromatic heterocycles. The zero-order valence-corrected chi connectivity index (χ0v) is 15.1. The Hall–Kier alpha value is -0.820. The van der Waals surface area contributed by atoms with E-state index in [2.05, 4.69) is 45.0 Å². The van der Waals surface area contributed by atoms with Crippen LogP contribution in [0.15, 0.2) is 24.3 Å². The van der Waals surface area contributed by atoms with Crippen molar-refractivity contribution in [2.24, 2.45) is 0 Å². The van der Waals surface area contributed by atoms with Crippen LogP contribution >= 0.6 is 0 Å². The van der Waals surface area contributed by atoms with E-state index in [4.69, 9.17) is 4.74 Å². The third-order valence-corrected chi connectivity index (χ3v) is 4.57. The summed E-state index contributed by atoms with van der Waals surface area (Å²) >= 11 is 0. The molecule has 22 heavy (non-hydrogen) atoms. The molecule has 1 aromatic rings. The average Bonchev–Trinajstić information content (AvgIpc) is 2.56. The highest BCUT2D eigenvalue weighted by Gasteiger charge is 2.02. The van der Waals surface area contributed by atoms with Crippen molar-refractivity contribution >= 4 is 0 Å². The lowest BCUT2D eigenvalue weighted by molar-refractivity contribution is 0.116.